The maximum Gasteiger partial charge on any atom is 0.247 e. The van der Waals surface area contributed by atoms with E-state index in [9.17, 15) is 4.79 Å². The molecule has 0 N–H and O–H groups in total. The summed E-state index contributed by atoms with van der Waals surface area (Å²) in [6, 6.07) is 11.7. The van der Waals surface area contributed by atoms with Gasteiger partial charge in [-0.25, -0.2) is 0 Å². The van der Waals surface area contributed by atoms with Gasteiger partial charge >= 0.3 is 0 Å². The molecule has 1 aliphatic heterocycles. The van der Waals surface area contributed by atoms with Gasteiger partial charge in [0, 0.05) is 18.7 Å². The van der Waals surface area contributed by atoms with Crippen LogP contribution in [0.25, 0.3) is 6.08 Å². The number of rotatable bonds is 6. The Bertz CT molecular complexity index is 890. The van der Waals surface area contributed by atoms with Gasteiger partial charge in [-0.05, 0) is 54.3 Å². The van der Waals surface area contributed by atoms with Gasteiger partial charge in [0.25, 0.3) is 0 Å². The van der Waals surface area contributed by atoms with Crippen molar-refractivity contribution in [1.82, 2.24) is 4.90 Å². The fourth-order valence-corrected chi connectivity index (χ4v) is 3.46. The van der Waals surface area contributed by atoms with E-state index in [0.29, 0.717) is 42.3 Å². The first kappa shape index (κ1) is 18.7. The van der Waals surface area contributed by atoms with Crippen molar-refractivity contribution in [3.05, 3.63) is 58.6 Å². The van der Waals surface area contributed by atoms with E-state index in [1.807, 2.05) is 35.2 Å². The normalized spacial score (nSPS) is 15.5. The van der Waals surface area contributed by atoms with Crippen LogP contribution in [-0.4, -0.2) is 37.2 Å². The Balaban J connectivity index is 1.48. The van der Waals surface area contributed by atoms with Crippen molar-refractivity contribution >= 4 is 23.6 Å². The maximum atomic E-state index is 12.8. The third-order valence-corrected chi connectivity index (χ3v) is 5.10. The molecule has 1 saturated carbocycles. The van der Waals surface area contributed by atoms with Crippen LogP contribution < -0.4 is 14.2 Å². The van der Waals surface area contributed by atoms with Crippen LogP contribution in [0.1, 0.15) is 24.0 Å². The number of carbonyl (C=O) groups is 1. The van der Waals surface area contributed by atoms with Crippen molar-refractivity contribution in [2.75, 3.05) is 20.3 Å². The summed E-state index contributed by atoms with van der Waals surface area (Å²) in [5.74, 6) is 1.98. The highest BCUT2D eigenvalue weighted by atomic mass is 35.5. The predicted molar refractivity (Wildman–Crippen MR) is 108 cm³/mol. The molecule has 1 aliphatic carbocycles. The molecule has 0 bridgehead atoms. The molecule has 1 heterocycles. The largest absolute Gasteiger partial charge is 0.497 e. The summed E-state index contributed by atoms with van der Waals surface area (Å²) in [4.78, 5) is 14.7. The standard InChI is InChI=1S/C22H22ClNO4/c1-26-18-7-2-15(3-8-18)14-24(17-5-6-17)21(25)9-4-16-12-19(23)22-20(13-16)27-10-11-28-22/h2-4,7-9,12-13,17H,5-6,10-11,14H2,1H3/b9-4+. The Kier molecular flexibility index (Phi) is 5.44. The zero-order valence-corrected chi connectivity index (χ0v) is 16.4. The molecule has 0 spiro atoms. The van der Waals surface area contributed by atoms with Crippen molar-refractivity contribution < 1.29 is 19.0 Å². The smallest absolute Gasteiger partial charge is 0.247 e. The Labute approximate surface area is 169 Å². The molecule has 5 nitrogen and oxygen atoms in total. The fraction of sp³-hybridized carbons (Fsp3) is 0.318. The van der Waals surface area contributed by atoms with Crippen molar-refractivity contribution in [3.8, 4) is 17.2 Å². The topological polar surface area (TPSA) is 48.0 Å². The van der Waals surface area contributed by atoms with Gasteiger partial charge in [0.2, 0.25) is 5.91 Å². The predicted octanol–water partition coefficient (Wildman–Crippen LogP) is 4.32. The first-order valence-electron chi connectivity index (χ1n) is 9.35. The first-order chi connectivity index (χ1) is 13.6. The number of halogens is 1. The molecular formula is C22H22ClNO4. The fourth-order valence-electron chi connectivity index (χ4n) is 3.19. The highest BCUT2D eigenvalue weighted by Crippen LogP contribution is 2.38. The van der Waals surface area contributed by atoms with Gasteiger partial charge in [-0.1, -0.05) is 23.7 Å². The van der Waals surface area contributed by atoms with Gasteiger partial charge in [-0.3, -0.25) is 4.79 Å². The monoisotopic (exact) mass is 399 g/mol. The first-order valence-corrected chi connectivity index (χ1v) is 9.72. The number of fused-ring (bicyclic) bond motifs is 1. The molecular weight excluding hydrogens is 378 g/mol. The lowest BCUT2D eigenvalue weighted by Gasteiger charge is -2.21. The number of benzene rings is 2. The number of ether oxygens (including phenoxy) is 3. The van der Waals surface area contributed by atoms with Crippen molar-refractivity contribution in [2.24, 2.45) is 0 Å². The second-order valence-electron chi connectivity index (χ2n) is 6.91. The van der Waals surface area contributed by atoms with Gasteiger partial charge in [0.15, 0.2) is 11.5 Å². The zero-order chi connectivity index (χ0) is 19.5. The average molecular weight is 400 g/mol. The molecule has 4 rings (SSSR count). The minimum atomic E-state index is -0.00988. The molecule has 2 aromatic carbocycles. The van der Waals surface area contributed by atoms with Gasteiger partial charge < -0.3 is 19.1 Å². The average Bonchev–Trinajstić information content (AvgIpc) is 3.56. The van der Waals surface area contributed by atoms with E-state index in [1.54, 1.807) is 25.3 Å². The third kappa shape index (κ3) is 4.25. The summed E-state index contributed by atoms with van der Waals surface area (Å²) in [5.41, 5.74) is 1.89. The number of amides is 1. The van der Waals surface area contributed by atoms with Crippen LogP contribution in [0.4, 0.5) is 0 Å². The summed E-state index contributed by atoms with van der Waals surface area (Å²) < 4.78 is 16.3. The molecule has 146 valence electrons. The molecule has 0 atom stereocenters. The number of hydrogen-bond acceptors (Lipinski definition) is 4. The van der Waals surface area contributed by atoms with Crippen LogP contribution in [0.3, 0.4) is 0 Å². The van der Waals surface area contributed by atoms with E-state index in [2.05, 4.69) is 0 Å². The van der Waals surface area contributed by atoms with Gasteiger partial charge in [-0.15, -0.1) is 0 Å². The quantitative estimate of drug-likeness (QED) is 0.678. The van der Waals surface area contributed by atoms with Gasteiger partial charge in [0.1, 0.15) is 19.0 Å². The van der Waals surface area contributed by atoms with Crippen LogP contribution in [0.5, 0.6) is 17.2 Å². The van der Waals surface area contributed by atoms with E-state index in [-0.39, 0.29) is 5.91 Å². The highest BCUT2D eigenvalue weighted by molar-refractivity contribution is 6.32. The number of carbonyl (C=O) groups excluding carboxylic acids is 1. The van der Waals surface area contributed by atoms with Crippen LogP contribution in [0, 0.1) is 0 Å². The summed E-state index contributed by atoms with van der Waals surface area (Å²) in [5, 5.41) is 0.488. The molecule has 0 unspecified atom stereocenters. The number of methoxy groups -OCH3 is 1. The molecule has 2 aliphatic rings. The van der Waals surface area contributed by atoms with E-state index in [1.165, 1.54) is 0 Å². The highest BCUT2D eigenvalue weighted by Gasteiger charge is 2.31. The SMILES string of the molecule is COc1ccc(CN(C(=O)/C=C/c2cc(Cl)c3c(c2)OCCO3)C2CC2)cc1. The Morgan fingerprint density at radius 3 is 2.68 bits per heavy atom. The van der Waals surface area contributed by atoms with Crippen LogP contribution in [0.2, 0.25) is 5.02 Å². The van der Waals surface area contributed by atoms with Crippen molar-refractivity contribution in [3.63, 3.8) is 0 Å². The van der Waals surface area contributed by atoms with E-state index < -0.39 is 0 Å². The maximum absolute atomic E-state index is 12.8. The lowest BCUT2D eigenvalue weighted by molar-refractivity contribution is -0.127. The van der Waals surface area contributed by atoms with Gasteiger partial charge in [-0.2, -0.15) is 0 Å². The molecule has 1 amide bonds. The van der Waals surface area contributed by atoms with Crippen molar-refractivity contribution in [2.45, 2.75) is 25.4 Å². The third-order valence-electron chi connectivity index (χ3n) is 4.82. The number of hydrogen-bond donors (Lipinski definition) is 0. The van der Waals surface area contributed by atoms with E-state index >= 15 is 0 Å². The molecule has 6 heteroatoms. The lowest BCUT2D eigenvalue weighted by Crippen LogP contribution is -2.31. The number of nitrogens with zero attached hydrogens (tertiary/aromatic N) is 1. The summed E-state index contributed by atoms with van der Waals surface area (Å²) in [6.45, 7) is 1.56. The van der Waals surface area contributed by atoms with E-state index in [0.717, 1.165) is 29.7 Å². The Morgan fingerprint density at radius 1 is 1.21 bits per heavy atom. The molecule has 0 aromatic heterocycles. The van der Waals surface area contributed by atoms with Crippen molar-refractivity contribution in [1.29, 1.82) is 0 Å². The Morgan fingerprint density at radius 2 is 1.96 bits per heavy atom. The summed E-state index contributed by atoms with van der Waals surface area (Å²) in [6.07, 6.45) is 5.47. The summed E-state index contributed by atoms with van der Waals surface area (Å²) >= 11 is 6.27. The molecule has 28 heavy (non-hydrogen) atoms. The molecule has 2 aromatic rings. The Hall–Kier alpha value is -2.66. The van der Waals surface area contributed by atoms with E-state index in [4.69, 9.17) is 25.8 Å². The molecule has 0 radical (unpaired) electrons. The molecule has 1 fully saturated rings. The lowest BCUT2D eigenvalue weighted by atomic mass is 10.1. The zero-order valence-electron chi connectivity index (χ0n) is 15.7. The second kappa shape index (κ2) is 8.15. The second-order valence-corrected chi connectivity index (χ2v) is 7.31. The summed E-state index contributed by atoms with van der Waals surface area (Å²) in [7, 11) is 1.64. The molecule has 0 saturated heterocycles. The van der Waals surface area contributed by atoms with Crippen LogP contribution in [0.15, 0.2) is 42.5 Å². The van der Waals surface area contributed by atoms with Crippen LogP contribution in [-0.2, 0) is 11.3 Å². The van der Waals surface area contributed by atoms with Gasteiger partial charge in [0.05, 0.1) is 12.1 Å². The van der Waals surface area contributed by atoms with Crippen LogP contribution >= 0.6 is 11.6 Å². The minimum Gasteiger partial charge on any atom is -0.497 e. The minimum absolute atomic E-state index is 0.00988.